The number of nitrogens with one attached hydrogen (secondary N) is 1. The Bertz CT molecular complexity index is 608. The molecule has 2 rings (SSSR count). The molecule has 112 valence electrons. The summed E-state index contributed by atoms with van der Waals surface area (Å²) in [5.41, 5.74) is 7.75. The molecule has 5 nitrogen and oxygen atoms in total. The van der Waals surface area contributed by atoms with Crippen molar-refractivity contribution in [2.24, 2.45) is 12.8 Å². The van der Waals surface area contributed by atoms with E-state index in [1.54, 1.807) is 24.1 Å². The average molecular weight is 307 g/mol. The lowest BCUT2D eigenvalue weighted by Gasteiger charge is -2.17. The number of nitrogens with two attached hydrogens (primary N) is 1. The molecule has 0 aliphatic rings. The summed E-state index contributed by atoms with van der Waals surface area (Å²) in [7, 11) is 1.79. The number of aryl methyl sites for hydroxylation is 1. The van der Waals surface area contributed by atoms with Gasteiger partial charge in [0.25, 0.3) is 0 Å². The molecular weight excluding hydrogens is 288 g/mol. The molecule has 1 aromatic heterocycles. The van der Waals surface area contributed by atoms with Crippen LogP contribution in [0, 0.1) is 0 Å². The summed E-state index contributed by atoms with van der Waals surface area (Å²) >= 11 is 5.85. The van der Waals surface area contributed by atoms with E-state index in [0.29, 0.717) is 10.6 Å². The summed E-state index contributed by atoms with van der Waals surface area (Å²) < 4.78 is 1.62. The van der Waals surface area contributed by atoms with E-state index in [4.69, 9.17) is 17.3 Å². The van der Waals surface area contributed by atoms with Gasteiger partial charge in [0.15, 0.2) is 0 Å². The molecular formula is C15H19ClN4O. The average Bonchev–Trinajstić information content (AvgIpc) is 2.87. The van der Waals surface area contributed by atoms with Crippen molar-refractivity contribution in [2.75, 3.05) is 0 Å². The molecule has 2 atom stereocenters. The van der Waals surface area contributed by atoms with Gasteiger partial charge in [-0.25, -0.2) is 0 Å². The first-order valence-corrected chi connectivity index (χ1v) is 7.12. The highest BCUT2D eigenvalue weighted by Crippen LogP contribution is 2.12. The number of hydrogen-bond donors (Lipinski definition) is 2. The van der Waals surface area contributed by atoms with Gasteiger partial charge in [-0.3, -0.25) is 9.48 Å². The highest BCUT2D eigenvalue weighted by atomic mass is 35.5. The second-order valence-electron chi connectivity index (χ2n) is 5.17. The maximum Gasteiger partial charge on any atom is 0.241 e. The highest BCUT2D eigenvalue weighted by Gasteiger charge is 2.19. The molecule has 2 aromatic rings. The van der Waals surface area contributed by atoms with E-state index in [2.05, 4.69) is 10.4 Å². The van der Waals surface area contributed by atoms with Gasteiger partial charge >= 0.3 is 0 Å². The third-order valence-electron chi connectivity index (χ3n) is 3.21. The SMILES string of the molecule is CC(Cc1ccc(Cl)cc1)NC(=O)C(N)c1cnn(C)c1. The fourth-order valence-corrected chi connectivity index (χ4v) is 2.24. The minimum Gasteiger partial charge on any atom is -0.352 e. The Morgan fingerprint density at radius 3 is 2.67 bits per heavy atom. The second-order valence-corrected chi connectivity index (χ2v) is 5.60. The first-order valence-electron chi connectivity index (χ1n) is 6.74. The van der Waals surface area contributed by atoms with Crippen LogP contribution in [0.5, 0.6) is 0 Å². The summed E-state index contributed by atoms with van der Waals surface area (Å²) in [4.78, 5) is 12.1. The predicted molar refractivity (Wildman–Crippen MR) is 82.9 cm³/mol. The van der Waals surface area contributed by atoms with Crippen molar-refractivity contribution in [3.8, 4) is 0 Å². The largest absolute Gasteiger partial charge is 0.352 e. The van der Waals surface area contributed by atoms with Gasteiger partial charge in [-0.2, -0.15) is 5.10 Å². The summed E-state index contributed by atoms with van der Waals surface area (Å²) in [5, 5.41) is 7.64. The van der Waals surface area contributed by atoms with Crippen molar-refractivity contribution >= 4 is 17.5 Å². The lowest BCUT2D eigenvalue weighted by Crippen LogP contribution is -2.40. The minimum atomic E-state index is -0.702. The zero-order chi connectivity index (χ0) is 15.4. The van der Waals surface area contributed by atoms with Crippen LogP contribution in [0.4, 0.5) is 0 Å². The van der Waals surface area contributed by atoms with Crippen molar-refractivity contribution < 1.29 is 4.79 Å². The van der Waals surface area contributed by atoms with Crippen LogP contribution in [0.15, 0.2) is 36.7 Å². The Hall–Kier alpha value is -1.85. The van der Waals surface area contributed by atoms with Gasteiger partial charge < -0.3 is 11.1 Å². The summed E-state index contributed by atoms with van der Waals surface area (Å²) in [6, 6.07) is 6.87. The third kappa shape index (κ3) is 4.31. The standard InChI is InChI=1S/C15H19ClN4O/c1-10(7-11-3-5-13(16)6-4-11)19-15(21)14(17)12-8-18-20(2)9-12/h3-6,8-10,14H,7,17H2,1-2H3,(H,19,21). The molecule has 0 radical (unpaired) electrons. The summed E-state index contributed by atoms with van der Waals surface area (Å²) in [6.07, 6.45) is 4.07. The maximum atomic E-state index is 12.1. The van der Waals surface area contributed by atoms with E-state index >= 15 is 0 Å². The lowest BCUT2D eigenvalue weighted by atomic mass is 10.1. The van der Waals surface area contributed by atoms with Gasteiger partial charge in [0, 0.05) is 29.9 Å². The van der Waals surface area contributed by atoms with E-state index in [1.165, 1.54) is 0 Å². The van der Waals surface area contributed by atoms with Gasteiger partial charge in [-0.1, -0.05) is 23.7 Å². The van der Waals surface area contributed by atoms with Crippen LogP contribution in [0.25, 0.3) is 0 Å². The molecule has 3 N–H and O–H groups in total. The second kappa shape index (κ2) is 6.74. The Kier molecular flexibility index (Phi) is 4.98. The number of rotatable bonds is 5. The van der Waals surface area contributed by atoms with Crippen molar-refractivity contribution in [3.05, 3.63) is 52.8 Å². The van der Waals surface area contributed by atoms with Crippen molar-refractivity contribution in [2.45, 2.75) is 25.4 Å². The molecule has 0 aliphatic carbocycles. The van der Waals surface area contributed by atoms with E-state index < -0.39 is 6.04 Å². The van der Waals surface area contributed by atoms with E-state index in [0.717, 1.165) is 12.0 Å². The van der Waals surface area contributed by atoms with Crippen LogP contribution in [-0.4, -0.2) is 21.7 Å². The van der Waals surface area contributed by atoms with Crippen LogP contribution >= 0.6 is 11.6 Å². The Morgan fingerprint density at radius 1 is 1.43 bits per heavy atom. The van der Waals surface area contributed by atoms with Crippen LogP contribution < -0.4 is 11.1 Å². The zero-order valence-electron chi connectivity index (χ0n) is 12.1. The number of amides is 1. The number of hydrogen-bond acceptors (Lipinski definition) is 3. The Labute approximate surface area is 129 Å². The Balaban J connectivity index is 1.91. The molecule has 1 amide bonds. The van der Waals surface area contributed by atoms with Gasteiger partial charge in [-0.15, -0.1) is 0 Å². The smallest absolute Gasteiger partial charge is 0.241 e. The van der Waals surface area contributed by atoms with E-state index in [-0.39, 0.29) is 11.9 Å². The monoisotopic (exact) mass is 306 g/mol. The molecule has 21 heavy (non-hydrogen) atoms. The molecule has 1 heterocycles. The fourth-order valence-electron chi connectivity index (χ4n) is 2.11. The van der Waals surface area contributed by atoms with Crippen LogP contribution in [0.3, 0.4) is 0 Å². The zero-order valence-corrected chi connectivity index (χ0v) is 12.8. The summed E-state index contributed by atoms with van der Waals surface area (Å²) in [5.74, 6) is -0.204. The van der Waals surface area contributed by atoms with Gasteiger partial charge in [0.05, 0.1) is 6.20 Å². The molecule has 0 bridgehead atoms. The number of carbonyl (C=O) groups excluding carboxylic acids is 1. The van der Waals surface area contributed by atoms with Crippen molar-refractivity contribution in [1.29, 1.82) is 0 Å². The fraction of sp³-hybridized carbons (Fsp3) is 0.333. The first-order chi connectivity index (χ1) is 9.95. The third-order valence-corrected chi connectivity index (χ3v) is 3.46. The topological polar surface area (TPSA) is 72.9 Å². The quantitative estimate of drug-likeness (QED) is 0.885. The molecule has 0 saturated heterocycles. The first kappa shape index (κ1) is 15.5. The van der Waals surface area contributed by atoms with Gasteiger partial charge in [0.2, 0.25) is 5.91 Å². The number of halogens is 1. The maximum absolute atomic E-state index is 12.1. The number of benzene rings is 1. The molecule has 6 heteroatoms. The lowest BCUT2D eigenvalue weighted by molar-refractivity contribution is -0.123. The molecule has 0 fully saturated rings. The van der Waals surface area contributed by atoms with Crippen molar-refractivity contribution in [3.63, 3.8) is 0 Å². The van der Waals surface area contributed by atoms with Gasteiger partial charge in [-0.05, 0) is 31.0 Å². The van der Waals surface area contributed by atoms with Crippen LogP contribution in [0.1, 0.15) is 24.1 Å². The molecule has 1 aromatic carbocycles. The highest BCUT2D eigenvalue weighted by molar-refractivity contribution is 6.30. The van der Waals surface area contributed by atoms with Crippen LogP contribution in [0.2, 0.25) is 5.02 Å². The molecule has 0 spiro atoms. The van der Waals surface area contributed by atoms with Crippen molar-refractivity contribution in [1.82, 2.24) is 15.1 Å². The van der Waals surface area contributed by atoms with E-state index in [1.807, 2.05) is 31.2 Å². The molecule has 0 aliphatic heterocycles. The predicted octanol–water partition coefficient (Wildman–Crippen LogP) is 1.82. The molecule has 0 saturated carbocycles. The number of nitrogens with zero attached hydrogens (tertiary/aromatic N) is 2. The van der Waals surface area contributed by atoms with Gasteiger partial charge in [0.1, 0.15) is 6.04 Å². The molecule has 2 unspecified atom stereocenters. The number of aromatic nitrogens is 2. The normalized spacial score (nSPS) is 13.7. The van der Waals surface area contributed by atoms with E-state index in [9.17, 15) is 4.79 Å². The Morgan fingerprint density at radius 2 is 2.10 bits per heavy atom. The number of carbonyl (C=O) groups is 1. The minimum absolute atomic E-state index is 0.0126. The summed E-state index contributed by atoms with van der Waals surface area (Å²) in [6.45, 7) is 1.95. The van der Waals surface area contributed by atoms with Crippen LogP contribution in [-0.2, 0) is 18.3 Å².